The van der Waals surface area contributed by atoms with Gasteiger partial charge in [0.1, 0.15) is 5.52 Å². The molecule has 1 aliphatic rings. The van der Waals surface area contributed by atoms with Crippen LogP contribution < -0.4 is 5.73 Å². The molecular formula is C19H17N5O2. The zero-order valence-electron chi connectivity index (χ0n) is 14.2. The van der Waals surface area contributed by atoms with Gasteiger partial charge in [-0.3, -0.25) is 9.89 Å². The van der Waals surface area contributed by atoms with E-state index in [-0.39, 0.29) is 5.91 Å². The second-order valence-electron chi connectivity index (χ2n) is 6.37. The van der Waals surface area contributed by atoms with Gasteiger partial charge in [-0.2, -0.15) is 5.10 Å². The Hall–Kier alpha value is -3.37. The Balaban J connectivity index is 1.68. The van der Waals surface area contributed by atoms with Crippen molar-refractivity contribution >= 4 is 22.8 Å². The van der Waals surface area contributed by atoms with E-state index in [4.69, 9.17) is 5.73 Å². The highest BCUT2D eigenvalue weighted by molar-refractivity contribution is 5.90. The minimum atomic E-state index is -1.60. The summed E-state index contributed by atoms with van der Waals surface area (Å²) in [5.74, 6) is 5.63. The number of rotatable bonds is 1. The summed E-state index contributed by atoms with van der Waals surface area (Å²) in [6.45, 7) is 0.500. The minimum absolute atomic E-state index is 0.313. The third kappa shape index (κ3) is 2.66. The summed E-state index contributed by atoms with van der Waals surface area (Å²) >= 11 is 0. The minimum Gasteiger partial charge on any atom is -0.380 e. The van der Waals surface area contributed by atoms with Crippen molar-refractivity contribution in [3.8, 4) is 23.1 Å². The molecule has 4 N–H and O–H groups in total. The lowest BCUT2D eigenvalue weighted by Crippen LogP contribution is -2.37. The van der Waals surface area contributed by atoms with Gasteiger partial charge >= 0.3 is 0 Å². The molecule has 1 fully saturated rings. The van der Waals surface area contributed by atoms with Gasteiger partial charge in [0.25, 0.3) is 5.91 Å². The predicted octanol–water partition coefficient (Wildman–Crippen LogP) is 1.15. The number of pyridine rings is 1. The highest BCUT2D eigenvalue weighted by atomic mass is 16.3. The predicted molar refractivity (Wildman–Crippen MR) is 97.8 cm³/mol. The second kappa shape index (κ2) is 5.86. The zero-order chi connectivity index (χ0) is 18.3. The van der Waals surface area contributed by atoms with Gasteiger partial charge in [0.15, 0.2) is 5.82 Å². The lowest BCUT2D eigenvalue weighted by Gasteiger charge is -2.13. The van der Waals surface area contributed by atoms with Crippen LogP contribution in [-0.4, -0.2) is 50.3 Å². The number of amides is 1. The Morgan fingerprint density at radius 1 is 1.35 bits per heavy atom. The first-order valence-electron chi connectivity index (χ1n) is 8.18. The number of aromatic amines is 1. The number of nitrogen functional groups attached to an aromatic ring is 1. The lowest BCUT2D eigenvalue weighted by atomic mass is 10.0. The number of hydrogen-bond donors (Lipinski definition) is 3. The van der Waals surface area contributed by atoms with Crippen molar-refractivity contribution in [2.75, 3.05) is 19.3 Å². The third-order valence-electron chi connectivity index (χ3n) is 4.52. The van der Waals surface area contributed by atoms with Crippen LogP contribution in [-0.2, 0) is 4.79 Å². The number of H-pyrrole nitrogens is 1. The third-order valence-corrected chi connectivity index (χ3v) is 4.52. The number of hydrogen-bond acceptors (Lipinski definition) is 5. The van der Waals surface area contributed by atoms with E-state index < -0.39 is 5.60 Å². The Morgan fingerprint density at radius 2 is 2.19 bits per heavy atom. The van der Waals surface area contributed by atoms with E-state index in [0.717, 1.165) is 16.8 Å². The summed E-state index contributed by atoms with van der Waals surface area (Å²) in [6.07, 6.45) is 0.313. The quantitative estimate of drug-likeness (QED) is 0.572. The number of aliphatic hydroxyl groups is 1. The summed E-state index contributed by atoms with van der Waals surface area (Å²) in [5, 5.41) is 17.2. The van der Waals surface area contributed by atoms with Crippen LogP contribution in [0.4, 0.5) is 5.82 Å². The number of nitrogens with two attached hydrogens (primary N) is 1. The van der Waals surface area contributed by atoms with Crippen LogP contribution in [0.1, 0.15) is 12.0 Å². The molecule has 7 nitrogen and oxygen atoms in total. The van der Waals surface area contributed by atoms with Gasteiger partial charge in [-0.15, -0.1) is 0 Å². The average molecular weight is 347 g/mol. The molecule has 1 amide bonds. The molecular weight excluding hydrogens is 330 g/mol. The molecule has 1 atom stereocenters. The van der Waals surface area contributed by atoms with Gasteiger partial charge in [0, 0.05) is 31.1 Å². The monoisotopic (exact) mass is 347 g/mol. The SMILES string of the molecule is CN1CCC(O)(C#Cc2cccc(-c3ccc4[nH]nc(N)c4n3)c2)C1=O. The van der Waals surface area contributed by atoms with Crippen molar-refractivity contribution in [2.24, 2.45) is 0 Å². The molecule has 1 unspecified atom stereocenters. The molecule has 0 saturated carbocycles. The number of likely N-dealkylation sites (tertiary alicyclic amines) is 1. The van der Waals surface area contributed by atoms with Crippen LogP contribution >= 0.6 is 0 Å². The molecule has 4 rings (SSSR count). The van der Waals surface area contributed by atoms with Crippen LogP contribution in [0.15, 0.2) is 36.4 Å². The first kappa shape index (κ1) is 16.1. The molecule has 7 heteroatoms. The number of carbonyl (C=O) groups excluding carboxylic acids is 1. The first-order chi connectivity index (χ1) is 12.5. The van der Waals surface area contributed by atoms with Crippen molar-refractivity contribution < 1.29 is 9.90 Å². The van der Waals surface area contributed by atoms with Crippen LogP contribution in [0.5, 0.6) is 0 Å². The van der Waals surface area contributed by atoms with E-state index >= 15 is 0 Å². The number of nitrogens with one attached hydrogen (secondary N) is 1. The van der Waals surface area contributed by atoms with Crippen LogP contribution in [0.25, 0.3) is 22.3 Å². The number of likely N-dealkylation sites (N-methyl/N-ethyl adjacent to an activating group) is 1. The molecule has 1 aromatic carbocycles. The Kier molecular flexibility index (Phi) is 3.63. The fourth-order valence-corrected chi connectivity index (χ4v) is 2.98. The van der Waals surface area contributed by atoms with Gasteiger partial charge in [0.05, 0.1) is 11.2 Å². The van der Waals surface area contributed by atoms with Crippen molar-refractivity contribution in [1.82, 2.24) is 20.1 Å². The molecule has 3 heterocycles. The van der Waals surface area contributed by atoms with Gasteiger partial charge in [-0.1, -0.05) is 24.0 Å². The Labute approximate surface area is 149 Å². The van der Waals surface area contributed by atoms with Gasteiger partial charge < -0.3 is 15.7 Å². The fourth-order valence-electron chi connectivity index (χ4n) is 2.98. The topological polar surface area (TPSA) is 108 Å². The molecule has 0 radical (unpaired) electrons. The van der Waals surface area contributed by atoms with Crippen LogP contribution in [0.3, 0.4) is 0 Å². The fraction of sp³-hybridized carbons (Fsp3) is 0.211. The number of nitrogens with zero attached hydrogens (tertiary/aromatic N) is 3. The van der Waals surface area contributed by atoms with Gasteiger partial charge in [-0.25, -0.2) is 4.98 Å². The Morgan fingerprint density at radius 3 is 2.96 bits per heavy atom. The van der Waals surface area contributed by atoms with Gasteiger partial charge in [0.2, 0.25) is 5.60 Å². The summed E-state index contributed by atoms with van der Waals surface area (Å²) < 4.78 is 0. The normalized spacial score (nSPS) is 19.6. The number of anilines is 1. The molecule has 0 bridgehead atoms. The largest absolute Gasteiger partial charge is 0.380 e. The molecule has 1 saturated heterocycles. The number of carbonyl (C=O) groups is 1. The van der Waals surface area contributed by atoms with Crippen LogP contribution in [0.2, 0.25) is 0 Å². The van der Waals surface area contributed by atoms with Crippen molar-refractivity contribution in [3.63, 3.8) is 0 Å². The smallest absolute Gasteiger partial charge is 0.267 e. The van der Waals surface area contributed by atoms with E-state index in [1.165, 1.54) is 4.90 Å². The van der Waals surface area contributed by atoms with Crippen molar-refractivity contribution in [3.05, 3.63) is 42.0 Å². The molecule has 0 aliphatic carbocycles. The van der Waals surface area contributed by atoms with E-state index in [0.29, 0.717) is 29.9 Å². The summed E-state index contributed by atoms with van der Waals surface area (Å²) in [5.41, 5.74) is 7.90. The maximum atomic E-state index is 12.0. The van der Waals surface area contributed by atoms with Crippen LogP contribution in [0, 0.1) is 11.8 Å². The molecule has 1 aliphatic heterocycles. The van der Waals surface area contributed by atoms with E-state index in [1.54, 1.807) is 7.05 Å². The van der Waals surface area contributed by atoms with E-state index in [1.807, 2.05) is 36.4 Å². The molecule has 130 valence electrons. The second-order valence-corrected chi connectivity index (χ2v) is 6.37. The van der Waals surface area contributed by atoms with E-state index in [2.05, 4.69) is 27.0 Å². The summed E-state index contributed by atoms with van der Waals surface area (Å²) in [4.78, 5) is 18.0. The molecule has 26 heavy (non-hydrogen) atoms. The summed E-state index contributed by atoms with van der Waals surface area (Å²) in [6, 6.07) is 11.2. The molecule has 3 aromatic rings. The van der Waals surface area contributed by atoms with Crippen molar-refractivity contribution in [1.29, 1.82) is 0 Å². The number of fused-ring (bicyclic) bond motifs is 1. The van der Waals surface area contributed by atoms with Crippen molar-refractivity contribution in [2.45, 2.75) is 12.0 Å². The zero-order valence-corrected chi connectivity index (χ0v) is 14.2. The summed E-state index contributed by atoms with van der Waals surface area (Å²) in [7, 11) is 1.66. The molecule has 2 aromatic heterocycles. The maximum Gasteiger partial charge on any atom is 0.267 e. The number of aromatic nitrogens is 3. The Bertz CT molecular complexity index is 1080. The maximum absolute atomic E-state index is 12.0. The highest BCUT2D eigenvalue weighted by Crippen LogP contribution is 2.24. The number of benzene rings is 1. The first-order valence-corrected chi connectivity index (χ1v) is 8.18. The van der Waals surface area contributed by atoms with Gasteiger partial charge in [-0.05, 0) is 24.3 Å². The lowest BCUT2D eigenvalue weighted by molar-refractivity contribution is -0.137. The highest BCUT2D eigenvalue weighted by Gasteiger charge is 2.42. The average Bonchev–Trinajstić information content (AvgIpc) is 3.16. The van der Waals surface area contributed by atoms with E-state index in [9.17, 15) is 9.90 Å². The standard InChI is InChI=1S/C19H17N5O2/c1-24-10-9-19(26,18(24)25)8-7-12-3-2-4-13(11-12)14-5-6-15-16(21-14)17(20)23-22-15/h2-6,11,26H,9-10H2,1H3,(H3,20,22,23). The molecule has 0 spiro atoms.